The largest absolute Gasteiger partial charge is 0.330 e. The van der Waals surface area contributed by atoms with Crippen LogP contribution in [0.15, 0.2) is 35.7 Å². The molecule has 0 saturated heterocycles. The van der Waals surface area contributed by atoms with Gasteiger partial charge in [0, 0.05) is 17.6 Å². The SMILES string of the molecule is CN1C(=O)c2ccc(NC(=O)N[C@H](c3cccs3)C3CCCC3)cc2C1=O. The summed E-state index contributed by atoms with van der Waals surface area (Å²) >= 11 is 1.65. The Bertz CT molecular complexity index is 888. The lowest BCUT2D eigenvalue weighted by molar-refractivity contribution is 0.0693. The number of carbonyl (C=O) groups excluding carboxylic acids is 3. The number of hydrogen-bond acceptors (Lipinski definition) is 4. The third-order valence-electron chi connectivity index (χ3n) is 5.36. The molecule has 2 aliphatic rings. The van der Waals surface area contributed by atoms with Gasteiger partial charge in [0.1, 0.15) is 0 Å². The second kappa shape index (κ2) is 7.15. The molecule has 7 heteroatoms. The Morgan fingerprint density at radius 3 is 2.59 bits per heavy atom. The van der Waals surface area contributed by atoms with Crippen LogP contribution in [-0.2, 0) is 0 Å². The van der Waals surface area contributed by atoms with Gasteiger partial charge in [-0.15, -0.1) is 11.3 Å². The number of imide groups is 1. The predicted molar refractivity (Wildman–Crippen MR) is 104 cm³/mol. The van der Waals surface area contributed by atoms with Crippen molar-refractivity contribution < 1.29 is 14.4 Å². The normalized spacial score (nSPS) is 17.9. The van der Waals surface area contributed by atoms with Gasteiger partial charge >= 0.3 is 6.03 Å². The van der Waals surface area contributed by atoms with Crippen molar-refractivity contribution in [2.45, 2.75) is 31.7 Å². The van der Waals surface area contributed by atoms with Gasteiger partial charge in [-0.2, -0.15) is 0 Å². The molecule has 0 radical (unpaired) electrons. The monoisotopic (exact) mass is 383 g/mol. The Kier molecular flexibility index (Phi) is 4.70. The molecule has 2 N–H and O–H groups in total. The van der Waals surface area contributed by atoms with E-state index in [1.807, 2.05) is 11.4 Å². The maximum absolute atomic E-state index is 12.6. The van der Waals surface area contributed by atoms with Crippen LogP contribution in [0.25, 0.3) is 0 Å². The summed E-state index contributed by atoms with van der Waals surface area (Å²) in [6.45, 7) is 0. The molecule has 4 amide bonds. The molecule has 27 heavy (non-hydrogen) atoms. The fourth-order valence-electron chi connectivity index (χ4n) is 3.93. The highest BCUT2D eigenvalue weighted by Gasteiger charge is 2.33. The van der Waals surface area contributed by atoms with Crippen LogP contribution in [0.4, 0.5) is 10.5 Å². The fourth-order valence-corrected chi connectivity index (χ4v) is 4.80. The molecular weight excluding hydrogens is 362 g/mol. The summed E-state index contributed by atoms with van der Waals surface area (Å²) in [7, 11) is 1.46. The van der Waals surface area contributed by atoms with Gasteiger partial charge in [-0.3, -0.25) is 14.5 Å². The zero-order valence-corrected chi connectivity index (χ0v) is 15.8. The average molecular weight is 383 g/mol. The quantitative estimate of drug-likeness (QED) is 0.783. The molecule has 1 atom stereocenters. The fraction of sp³-hybridized carbons (Fsp3) is 0.350. The molecule has 1 saturated carbocycles. The highest BCUT2D eigenvalue weighted by atomic mass is 32.1. The number of fused-ring (bicyclic) bond motifs is 1. The van der Waals surface area contributed by atoms with E-state index in [0.717, 1.165) is 22.6 Å². The highest BCUT2D eigenvalue weighted by Crippen LogP contribution is 2.37. The van der Waals surface area contributed by atoms with E-state index in [2.05, 4.69) is 16.7 Å². The van der Waals surface area contributed by atoms with Gasteiger partial charge in [-0.05, 0) is 48.4 Å². The smallest absolute Gasteiger partial charge is 0.319 e. The van der Waals surface area contributed by atoms with Crippen LogP contribution in [-0.4, -0.2) is 29.8 Å². The summed E-state index contributed by atoms with van der Waals surface area (Å²) in [5.41, 5.74) is 1.20. The first-order valence-corrected chi connectivity index (χ1v) is 10.00. The van der Waals surface area contributed by atoms with E-state index in [-0.39, 0.29) is 23.9 Å². The van der Waals surface area contributed by atoms with Crippen LogP contribution >= 0.6 is 11.3 Å². The summed E-state index contributed by atoms with van der Waals surface area (Å²) in [5, 5.41) is 7.94. The number of anilines is 1. The molecule has 6 nitrogen and oxygen atoms in total. The van der Waals surface area contributed by atoms with Crippen LogP contribution in [0.5, 0.6) is 0 Å². The van der Waals surface area contributed by atoms with E-state index in [9.17, 15) is 14.4 Å². The lowest BCUT2D eigenvalue weighted by atomic mass is 9.97. The minimum absolute atomic E-state index is 0.00345. The van der Waals surface area contributed by atoms with Gasteiger partial charge in [-0.1, -0.05) is 18.9 Å². The molecule has 2 aromatic rings. The molecule has 1 aromatic heterocycles. The van der Waals surface area contributed by atoms with Crippen molar-refractivity contribution >= 4 is 34.9 Å². The maximum Gasteiger partial charge on any atom is 0.319 e. The number of carbonyl (C=O) groups is 3. The summed E-state index contributed by atoms with van der Waals surface area (Å²) in [5.74, 6) is -0.214. The zero-order chi connectivity index (χ0) is 19.0. The number of amides is 4. The van der Waals surface area contributed by atoms with Gasteiger partial charge in [-0.25, -0.2) is 4.79 Å². The van der Waals surface area contributed by atoms with Crippen molar-refractivity contribution in [3.05, 3.63) is 51.7 Å². The van der Waals surface area contributed by atoms with Crippen molar-refractivity contribution in [2.24, 2.45) is 5.92 Å². The number of rotatable bonds is 4. The van der Waals surface area contributed by atoms with Crippen molar-refractivity contribution in [2.75, 3.05) is 12.4 Å². The second-order valence-corrected chi connectivity index (χ2v) is 8.05. The molecule has 2 heterocycles. The van der Waals surface area contributed by atoms with E-state index >= 15 is 0 Å². The van der Waals surface area contributed by atoms with Crippen LogP contribution in [0.1, 0.15) is 57.3 Å². The second-order valence-electron chi connectivity index (χ2n) is 7.07. The van der Waals surface area contributed by atoms with E-state index in [4.69, 9.17) is 0 Å². The number of thiophene rings is 1. The number of nitrogens with one attached hydrogen (secondary N) is 2. The van der Waals surface area contributed by atoms with Gasteiger partial charge < -0.3 is 10.6 Å². The number of hydrogen-bond donors (Lipinski definition) is 2. The van der Waals surface area contributed by atoms with E-state index in [1.165, 1.54) is 19.9 Å². The number of benzene rings is 1. The molecule has 140 valence electrons. The van der Waals surface area contributed by atoms with E-state index in [0.29, 0.717) is 22.7 Å². The topological polar surface area (TPSA) is 78.5 Å². The first-order chi connectivity index (χ1) is 13.0. The Morgan fingerprint density at radius 1 is 1.15 bits per heavy atom. The summed E-state index contributed by atoms with van der Waals surface area (Å²) in [4.78, 5) is 39.0. The van der Waals surface area contributed by atoms with Crippen LogP contribution in [0.2, 0.25) is 0 Å². The van der Waals surface area contributed by atoms with Crippen molar-refractivity contribution in [3.63, 3.8) is 0 Å². The Morgan fingerprint density at radius 2 is 1.89 bits per heavy atom. The third-order valence-corrected chi connectivity index (χ3v) is 6.31. The molecular formula is C20H21N3O3S. The molecule has 1 aromatic carbocycles. The molecule has 4 rings (SSSR count). The Balaban J connectivity index is 1.49. The predicted octanol–water partition coefficient (Wildman–Crippen LogP) is 4.03. The summed E-state index contributed by atoms with van der Waals surface area (Å²) in [6.07, 6.45) is 4.63. The first kappa shape index (κ1) is 17.7. The molecule has 1 aliphatic carbocycles. The molecule has 1 fully saturated rings. The van der Waals surface area contributed by atoms with Crippen LogP contribution in [0.3, 0.4) is 0 Å². The van der Waals surface area contributed by atoms with Gasteiger partial charge in [0.05, 0.1) is 17.2 Å². The van der Waals surface area contributed by atoms with Crippen LogP contribution < -0.4 is 10.6 Å². The Labute approximate surface area is 161 Å². The van der Waals surface area contributed by atoms with Crippen molar-refractivity contribution in [1.82, 2.24) is 10.2 Å². The van der Waals surface area contributed by atoms with Crippen molar-refractivity contribution in [1.29, 1.82) is 0 Å². The first-order valence-electron chi connectivity index (χ1n) is 9.12. The Hall–Kier alpha value is -2.67. The van der Waals surface area contributed by atoms with Gasteiger partial charge in [0.2, 0.25) is 0 Å². The summed E-state index contributed by atoms with van der Waals surface area (Å²) < 4.78 is 0. The molecule has 0 bridgehead atoms. The van der Waals surface area contributed by atoms with Gasteiger partial charge in [0.15, 0.2) is 0 Å². The minimum atomic E-state index is -0.346. The number of urea groups is 1. The zero-order valence-electron chi connectivity index (χ0n) is 15.0. The highest BCUT2D eigenvalue weighted by molar-refractivity contribution is 7.10. The molecule has 1 aliphatic heterocycles. The lowest BCUT2D eigenvalue weighted by Crippen LogP contribution is -2.35. The lowest BCUT2D eigenvalue weighted by Gasteiger charge is -2.24. The van der Waals surface area contributed by atoms with Crippen molar-refractivity contribution in [3.8, 4) is 0 Å². The van der Waals surface area contributed by atoms with E-state index < -0.39 is 0 Å². The summed E-state index contributed by atoms with van der Waals surface area (Å²) in [6, 6.07) is 8.56. The van der Waals surface area contributed by atoms with Crippen LogP contribution in [0, 0.1) is 5.92 Å². The minimum Gasteiger partial charge on any atom is -0.330 e. The molecule has 0 spiro atoms. The standard InChI is InChI=1S/C20H21N3O3S/c1-23-18(24)14-9-8-13(11-15(14)19(23)25)21-20(26)22-17(12-5-2-3-6-12)16-7-4-10-27-16/h4,7-12,17H,2-3,5-6H2,1H3,(H2,21,22,26)/t17-/m0/s1. The molecule has 0 unspecified atom stereocenters. The maximum atomic E-state index is 12.6. The number of nitrogens with zero attached hydrogens (tertiary/aromatic N) is 1. The van der Waals surface area contributed by atoms with Gasteiger partial charge in [0.25, 0.3) is 11.8 Å². The third kappa shape index (κ3) is 3.35. The average Bonchev–Trinajstić information content (AvgIpc) is 3.41. The van der Waals surface area contributed by atoms with E-state index in [1.54, 1.807) is 29.5 Å².